The number of primary amides is 1. The summed E-state index contributed by atoms with van der Waals surface area (Å²) in [6.45, 7) is 6.54. The van der Waals surface area contributed by atoms with Crippen LogP contribution in [0.5, 0.6) is 5.75 Å². The van der Waals surface area contributed by atoms with Gasteiger partial charge >= 0.3 is 0 Å². The summed E-state index contributed by atoms with van der Waals surface area (Å²) < 4.78 is 6.79. The minimum Gasteiger partial charge on any atom is -0.482 e. The van der Waals surface area contributed by atoms with Crippen molar-refractivity contribution >= 4 is 11.6 Å². The Morgan fingerprint density at radius 3 is 2.82 bits per heavy atom. The predicted molar refractivity (Wildman–Crippen MR) is 107 cm³/mol. The van der Waals surface area contributed by atoms with Crippen molar-refractivity contribution in [2.75, 3.05) is 20.6 Å². The summed E-state index contributed by atoms with van der Waals surface area (Å²) in [5.41, 5.74) is 6.22. The number of carbonyl (C=O) groups excluding carboxylic acids is 1. The van der Waals surface area contributed by atoms with Crippen LogP contribution in [0.1, 0.15) is 28.4 Å². The largest absolute Gasteiger partial charge is 0.482 e. The zero-order chi connectivity index (χ0) is 20.5. The Bertz CT molecular complexity index is 951. The lowest BCUT2D eigenvalue weighted by Crippen LogP contribution is -2.73. The Balaban J connectivity index is 2.04. The fourth-order valence-corrected chi connectivity index (χ4v) is 5.46. The van der Waals surface area contributed by atoms with Crippen LogP contribution >= 0.6 is 0 Å². The van der Waals surface area contributed by atoms with Crippen LogP contribution in [0.3, 0.4) is 0 Å². The Kier molecular flexibility index (Phi) is 3.80. The third-order valence-corrected chi connectivity index (χ3v) is 6.91. The Hall–Kier alpha value is -2.64. The molecule has 148 valence electrons. The summed E-state index contributed by atoms with van der Waals surface area (Å²) in [7, 11) is 4.17. The molecule has 0 aromatic heterocycles. The first-order chi connectivity index (χ1) is 13.1. The van der Waals surface area contributed by atoms with Crippen LogP contribution in [0.4, 0.5) is 0 Å². The molecular formula is C21H27N4O3+. The Labute approximate surface area is 164 Å². The second kappa shape index (κ2) is 5.68. The van der Waals surface area contributed by atoms with Crippen LogP contribution < -0.4 is 16.3 Å². The highest BCUT2D eigenvalue weighted by molar-refractivity contribution is 6.04. The van der Waals surface area contributed by atoms with Crippen LogP contribution in [0.15, 0.2) is 42.0 Å². The Morgan fingerprint density at radius 2 is 2.21 bits per heavy atom. The fraction of sp³-hybridized carbons (Fsp3) is 0.429. The number of amides is 1. The summed E-state index contributed by atoms with van der Waals surface area (Å²) in [6.07, 6.45) is 5.41. The fourth-order valence-electron chi connectivity index (χ4n) is 5.46. The predicted octanol–water partition coefficient (Wildman–Crippen LogP) is 0.607. The zero-order valence-corrected chi connectivity index (χ0v) is 16.5. The van der Waals surface area contributed by atoms with E-state index in [1.54, 1.807) is 18.2 Å². The maximum Gasteiger partial charge on any atom is 0.252 e. The van der Waals surface area contributed by atoms with Gasteiger partial charge in [0.15, 0.2) is 6.10 Å². The highest BCUT2D eigenvalue weighted by Crippen LogP contribution is 2.59. The average Bonchev–Trinajstić information content (AvgIpc) is 2.95. The first-order valence-corrected chi connectivity index (χ1v) is 9.37. The number of hydrogen-bond donors (Lipinski definition) is 3. The summed E-state index contributed by atoms with van der Waals surface area (Å²) in [5.74, 6) is 5.51. The van der Waals surface area contributed by atoms with Gasteiger partial charge in [0.2, 0.25) is 0 Å². The van der Waals surface area contributed by atoms with E-state index < -0.39 is 23.0 Å². The number of hydrazone groups is 1. The Morgan fingerprint density at radius 1 is 1.50 bits per heavy atom. The van der Waals surface area contributed by atoms with Gasteiger partial charge in [-0.3, -0.25) is 4.79 Å². The molecule has 5 N–H and O–H groups in total. The average molecular weight is 383 g/mol. The van der Waals surface area contributed by atoms with Gasteiger partial charge in [0, 0.05) is 12.0 Å². The van der Waals surface area contributed by atoms with Gasteiger partial charge in [-0.15, -0.1) is 0 Å². The molecule has 1 aromatic carbocycles. The number of hydrogen-bond acceptors (Lipinski definition) is 5. The molecule has 7 heteroatoms. The molecule has 1 aliphatic heterocycles. The summed E-state index contributed by atoms with van der Waals surface area (Å²) in [5, 5.41) is 16.0. The third kappa shape index (κ3) is 2.06. The molecule has 0 spiro atoms. The molecule has 0 bridgehead atoms. The highest BCUT2D eigenvalue weighted by Gasteiger charge is 2.69. The zero-order valence-electron chi connectivity index (χ0n) is 16.5. The number of nitrogens with two attached hydrogens (primary N) is 2. The van der Waals surface area contributed by atoms with Crippen molar-refractivity contribution in [3.8, 4) is 5.75 Å². The second-order valence-corrected chi connectivity index (χ2v) is 8.72. The van der Waals surface area contributed by atoms with Crippen LogP contribution in [-0.4, -0.2) is 59.6 Å². The molecule has 0 saturated carbocycles. The van der Waals surface area contributed by atoms with Crippen molar-refractivity contribution in [3.05, 3.63) is 53.6 Å². The van der Waals surface area contributed by atoms with E-state index in [1.165, 1.54) is 0 Å². The van der Waals surface area contributed by atoms with Crippen molar-refractivity contribution in [2.45, 2.75) is 36.5 Å². The van der Waals surface area contributed by atoms with Crippen molar-refractivity contribution in [3.63, 3.8) is 0 Å². The van der Waals surface area contributed by atoms with Gasteiger partial charge in [-0.05, 0) is 36.8 Å². The number of benzene rings is 1. The molecule has 4 atom stereocenters. The van der Waals surface area contributed by atoms with Gasteiger partial charge in [0.1, 0.15) is 23.1 Å². The second-order valence-electron chi connectivity index (χ2n) is 8.72. The van der Waals surface area contributed by atoms with E-state index in [9.17, 15) is 9.90 Å². The molecule has 0 fully saturated rings. The molecule has 1 aromatic rings. The van der Waals surface area contributed by atoms with Crippen molar-refractivity contribution in [2.24, 2.45) is 16.7 Å². The molecule has 1 heterocycles. The SMILES string of the molecule is C=CC[N+](C)(C)[C@@H]1Cc2ccc(C(N)=O)c3c2C2(C)C(O3)/C(=N/N)C=C[C@@]12O. The number of ether oxygens (including phenoxy) is 1. The van der Waals surface area contributed by atoms with E-state index in [0.29, 0.717) is 34.5 Å². The summed E-state index contributed by atoms with van der Waals surface area (Å²) >= 11 is 0. The number of likely N-dealkylation sites (N-methyl/N-ethyl adjacent to an activating group) is 1. The molecule has 2 unspecified atom stereocenters. The van der Waals surface area contributed by atoms with Crippen molar-refractivity contribution in [1.29, 1.82) is 0 Å². The van der Waals surface area contributed by atoms with Crippen LogP contribution in [-0.2, 0) is 11.8 Å². The van der Waals surface area contributed by atoms with Crippen molar-refractivity contribution in [1.82, 2.24) is 0 Å². The molecule has 28 heavy (non-hydrogen) atoms. The molecule has 1 amide bonds. The maximum atomic E-state index is 12.1. The lowest BCUT2D eigenvalue weighted by atomic mass is 9.54. The smallest absolute Gasteiger partial charge is 0.252 e. The molecule has 4 rings (SSSR count). The van der Waals surface area contributed by atoms with Gasteiger partial charge in [-0.2, -0.15) is 5.10 Å². The monoisotopic (exact) mass is 383 g/mol. The van der Waals surface area contributed by atoms with E-state index in [-0.39, 0.29) is 6.04 Å². The van der Waals surface area contributed by atoms with Gasteiger partial charge < -0.3 is 25.9 Å². The highest BCUT2D eigenvalue weighted by atomic mass is 16.5. The lowest BCUT2D eigenvalue weighted by molar-refractivity contribution is -0.917. The van der Waals surface area contributed by atoms with Crippen LogP contribution in [0.25, 0.3) is 0 Å². The first-order valence-electron chi connectivity index (χ1n) is 9.37. The summed E-state index contributed by atoms with van der Waals surface area (Å²) in [6, 6.07) is 3.47. The number of carbonyl (C=O) groups is 1. The van der Waals surface area contributed by atoms with E-state index in [4.69, 9.17) is 16.3 Å². The van der Waals surface area contributed by atoms with Crippen LogP contribution in [0.2, 0.25) is 0 Å². The van der Waals surface area contributed by atoms with E-state index >= 15 is 0 Å². The van der Waals surface area contributed by atoms with Crippen molar-refractivity contribution < 1.29 is 19.1 Å². The first kappa shape index (κ1) is 18.7. The number of quaternary nitrogens is 1. The van der Waals surface area contributed by atoms with Gasteiger partial charge in [-0.1, -0.05) is 12.6 Å². The summed E-state index contributed by atoms with van der Waals surface area (Å²) in [4.78, 5) is 12.0. The number of aliphatic hydroxyl groups is 1. The van der Waals surface area contributed by atoms with Gasteiger partial charge in [-0.25, -0.2) is 0 Å². The molecule has 0 radical (unpaired) electrons. The number of rotatable bonds is 4. The van der Waals surface area contributed by atoms with Gasteiger partial charge in [0.25, 0.3) is 5.91 Å². The molecule has 3 aliphatic rings. The standard InChI is InChI=1S/C21H26N4O3/c1-5-10-25(3,4)15-11-12-6-7-13(19(22)26)17-16(12)20(2)18(28-17)14(24-23)8-9-21(15,20)27/h5-9,15,18,27H,1,10-11,23H2,2-4H3,(H-,22,26)/p+1/b24-14+/t15-,18?,20?,21-/m1/s1. The minimum atomic E-state index is -1.23. The van der Waals surface area contributed by atoms with E-state index in [1.807, 2.05) is 19.1 Å². The number of nitrogens with zero attached hydrogens (tertiary/aromatic N) is 2. The van der Waals surface area contributed by atoms with E-state index in [2.05, 4.69) is 25.8 Å². The van der Waals surface area contributed by atoms with Gasteiger partial charge in [0.05, 0.1) is 31.6 Å². The minimum absolute atomic E-state index is 0.157. The lowest BCUT2D eigenvalue weighted by Gasteiger charge is -2.56. The third-order valence-electron chi connectivity index (χ3n) is 6.91. The quantitative estimate of drug-likeness (QED) is 0.306. The maximum absolute atomic E-state index is 12.1. The molecule has 7 nitrogen and oxygen atoms in total. The molecular weight excluding hydrogens is 356 g/mol. The van der Waals surface area contributed by atoms with E-state index in [0.717, 1.165) is 11.1 Å². The topological polar surface area (TPSA) is 111 Å². The van der Waals surface area contributed by atoms with Crippen LogP contribution in [0, 0.1) is 0 Å². The molecule has 2 aliphatic carbocycles. The molecule has 0 saturated heterocycles. The normalized spacial score (nSPS) is 34.1.